The summed E-state index contributed by atoms with van der Waals surface area (Å²) in [4.78, 5) is 47.2. The van der Waals surface area contributed by atoms with Crippen LogP contribution >= 0.6 is 0 Å². The van der Waals surface area contributed by atoms with Crippen molar-refractivity contribution < 1.29 is 58.1 Å². The zero-order valence-electron chi connectivity index (χ0n) is 45.0. The number of Topliss-reactive ketones (excluding diaryl/α,β-unsaturated/α-hetero) is 1. The van der Waals surface area contributed by atoms with Crippen LogP contribution in [0, 0.1) is 35.5 Å². The Labute approximate surface area is 426 Å². The molecule has 0 aromatic carbocycles. The molecular weight excluding hydrogens is 905 g/mol. The van der Waals surface area contributed by atoms with E-state index in [1.54, 1.807) is 28.3 Å². The Morgan fingerprint density at radius 2 is 1.58 bits per heavy atom. The summed E-state index contributed by atoms with van der Waals surface area (Å²) in [7, 11) is 5.02. The summed E-state index contributed by atoms with van der Waals surface area (Å²) in [6.45, 7) is 20.5. The number of allylic oxidation sites excluding steroid dienone is 6. The highest BCUT2D eigenvalue weighted by molar-refractivity contribution is 6.39. The third-order valence-corrected chi connectivity index (χ3v) is 16.5. The van der Waals surface area contributed by atoms with Gasteiger partial charge in [0.15, 0.2) is 0 Å². The first kappa shape index (κ1) is 58.8. The van der Waals surface area contributed by atoms with Crippen LogP contribution in [-0.2, 0) is 42.8 Å². The van der Waals surface area contributed by atoms with Gasteiger partial charge < -0.3 is 48.6 Å². The zero-order valence-corrected chi connectivity index (χ0v) is 45.0. The molecule has 0 spiro atoms. The van der Waals surface area contributed by atoms with Gasteiger partial charge in [0.2, 0.25) is 5.79 Å². The van der Waals surface area contributed by atoms with Gasteiger partial charge in [0.1, 0.15) is 24.4 Å². The summed E-state index contributed by atoms with van der Waals surface area (Å²) >= 11 is 0. The van der Waals surface area contributed by atoms with E-state index in [1.807, 2.05) is 19.1 Å². The second-order valence-corrected chi connectivity index (χ2v) is 22.0. The number of hydrogen-bond donors (Lipinski definition) is 3. The Morgan fingerprint density at radius 3 is 2.27 bits per heavy atom. The number of nitrogens with zero attached hydrogens (tertiary/aromatic N) is 2. The average molecular weight is 997 g/mol. The predicted molar refractivity (Wildman–Crippen MR) is 275 cm³/mol. The van der Waals surface area contributed by atoms with Crippen LogP contribution in [0.1, 0.15) is 132 Å². The van der Waals surface area contributed by atoms with Crippen molar-refractivity contribution in [3.63, 3.8) is 0 Å². The minimum Gasteiger partial charge on any atom is -0.461 e. The van der Waals surface area contributed by atoms with Crippen molar-refractivity contribution in [1.29, 1.82) is 0 Å². The molecule has 402 valence electrons. The Kier molecular flexibility index (Phi) is 23.2. The first-order chi connectivity index (χ1) is 33.8. The van der Waals surface area contributed by atoms with Crippen molar-refractivity contribution >= 4 is 17.7 Å². The third-order valence-electron chi connectivity index (χ3n) is 16.5. The van der Waals surface area contributed by atoms with E-state index in [9.17, 15) is 29.7 Å². The summed E-state index contributed by atoms with van der Waals surface area (Å²) < 4.78 is 36.3. The third kappa shape index (κ3) is 15.7. The molecule has 1 aliphatic carbocycles. The van der Waals surface area contributed by atoms with E-state index in [0.717, 1.165) is 61.9 Å². The van der Waals surface area contributed by atoms with Crippen LogP contribution in [0.15, 0.2) is 59.8 Å². The number of carbonyl (C=O) groups is 3. The van der Waals surface area contributed by atoms with Crippen molar-refractivity contribution in [3.8, 4) is 0 Å². The summed E-state index contributed by atoms with van der Waals surface area (Å²) in [5.74, 6) is -5.02. The molecule has 15 unspecified atom stereocenters. The van der Waals surface area contributed by atoms with Gasteiger partial charge >= 0.3 is 5.97 Å². The van der Waals surface area contributed by atoms with Crippen LogP contribution < -0.4 is 0 Å². The van der Waals surface area contributed by atoms with Crippen LogP contribution in [-0.4, -0.2) is 158 Å². The summed E-state index contributed by atoms with van der Waals surface area (Å²) in [5.41, 5.74) is 2.71. The number of ether oxygens (including phenoxy) is 6. The molecular formula is C57H92N2O12. The van der Waals surface area contributed by atoms with Gasteiger partial charge in [0.25, 0.3) is 11.7 Å². The van der Waals surface area contributed by atoms with Gasteiger partial charge in [0, 0.05) is 52.9 Å². The minimum atomic E-state index is -2.36. The lowest BCUT2D eigenvalue weighted by atomic mass is 9.78. The van der Waals surface area contributed by atoms with Crippen LogP contribution in [0.4, 0.5) is 0 Å². The molecule has 1 amide bonds. The molecule has 0 aromatic rings. The Bertz CT molecular complexity index is 1860. The SMILES string of the molecule is C=C1C(C)CC(C)/C=C/C=C/C=C(\C)C(N2CC(OC)C2)CC2CCC(C)C(O)(O2)C(=O)C(=O)N2CCCCC2C(=O)OC(C(C)CC2CCC(OCCO)C(OC)C2)CCC(C)/C=C(\C)C(O)C1OC. The largest absolute Gasteiger partial charge is 0.461 e. The second kappa shape index (κ2) is 28.0. The number of hydrogen-bond acceptors (Lipinski definition) is 13. The van der Waals surface area contributed by atoms with Crippen LogP contribution in [0.2, 0.25) is 0 Å². The Morgan fingerprint density at radius 1 is 0.831 bits per heavy atom. The molecule has 5 aliphatic rings. The molecule has 3 N–H and O–H groups in total. The molecule has 71 heavy (non-hydrogen) atoms. The fourth-order valence-corrected chi connectivity index (χ4v) is 11.8. The number of methoxy groups -OCH3 is 3. The number of cyclic esters (lactones) is 1. The van der Waals surface area contributed by atoms with E-state index in [4.69, 9.17) is 28.4 Å². The molecule has 14 nitrogen and oxygen atoms in total. The first-order valence-corrected chi connectivity index (χ1v) is 26.9. The molecule has 4 aliphatic heterocycles. The Balaban J connectivity index is 1.45. The number of amides is 1. The van der Waals surface area contributed by atoms with E-state index in [2.05, 4.69) is 70.4 Å². The maximum absolute atomic E-state index is 14.6. The molecule has 4 fully saturated rings. The molecule has 4 heterocycles. The van der Waals surface area contributed by atoms with Crippen molar-refractivity contribution in [3.05, 3.63) is 59.8 Å². The van der Waals surface area contributed by atoms with Crippen LogP contribution in [0.5, 0.6) is 0 Å². The molecule has 14 heteroatoms. The van der Waals surface area contributed by atoms with Gasteiger partial charge in [0.05, 0.1) is 37.6 Å². The summed E-state index contributed by atoms with van der Waals surface area (Å²) in [6, 6.07) is -1.06. The average Bonchev–Trinajstić information content (AvgIpc) is 3.34. The fraction of sp³-hybridized carbons (Fsp3) is 0.772. The van der Waals surface area contributed by atoms with Gasteiger partial charge in [-0.15, -0.1) is 0 Å². The van der Waals surface area contributed by atoms with Crippen molar-refractivity contribution in [2.24, 2.45) is 35.5 Å². The van der Waals surface area contributed by atoms with Gasteiger partial charge in [-0.25, -0.2) is 4.79 Å². The van der Waals surface area contributed by atoms with Crippen molar-refractivity contribution in [2.75, 3.05) is 54.2 Å². The number of aliphatic hydroxyl groups excluding tert-OH is 2. The van der Waals surface area contributed by atoms with E-state index < -0.39 is 59.8 Å². The minimum absolute atomic E-state index is 0.00186. The predicted octanol–water partition coefficient (Wildman–Crippen LogP) is 7.69. The van der Waals surface area contributed by atoms with Crippen molar-refractivity contribution in [2.45, 2.75) is 193 Å². The number of likely N-dealkylation sites (tertiary alicyclic amines) is 1. The van der Waals surface area contributed by atoms with Gasteiger partial charge in [-0.1, -0.05) is 83.2 Å². The monoisotopic (exact) mass is 997 g/mol. The van der Waals surface area contributed by atoms with Crippen LogP contribution in [0.3, 0.4) is 0 Å². The van der Waals surface area contributed by atoms with E-state index in [-0.39, 0.29) is 73.7 Å². The lowest BCUT2D eigenvalue weighted by Crippen LogP contribution is -2.61. The lowest BCUT2D eigenvalue weighted by Gasteiger charge is -2.47. The topological polar surface area (TPSA) is 174 Å². The molecule has 0 aromatic heterocycles. The smallest absolute Gasteiger partial charge is 0.329 e. The molecule has 3 saturated heterocycles. The molecule has 5 rings (SSSR count). The molecule has 2 bridgehead atoms. The first-order valence-electron chi connectivity index (χ1n) is 26.9. The number of fused-ring (bicyclic) bond motifs is 3. The van der Waals surface area contributed by atoms with E-state index in [1.165, 1.54) is 4.90 Å². The highest BCUT2D eigenvalue weighted by Gasteiger charge is 2.53. The highest BCUT2D eigenvalue weighted by Crippen LogP contribution is 2.39. The number of ketones is 1. The van der Waals surface area contributed by atoms with Gasteiger partial charge in [-0.05, 0) is 138 Å². The Hall–Kier alpha value is -3.05. The van der Waals surface area contributed by atoms with Crippen LogP contribution in [0.25, 0.3) is 0 Å². The second-order valence-electron chi connectivity index (χ2n) is 22.0. The number of rotatable bonds is 10. The quantitative estimate of drug-likeness (QED) is 0.111. The highest BCUT2D eigenvalue weighted by atomic mass is 16.6. The standard InChI is InChI=1S/C57H92N2O12/c1-36-17-13-12-14-18-38(3)48(58-34-46(35-58)66-9)33-45-23-21-42(7)57(65,71-45)54(62)55(63)59-26-16-15-19-47(59)56(64)70-49(40(5)31-44-22-25-50(69-28-27-60)51(32-44)67-10)24-20-37(2)30-41(6)52(61)53(68-11)43(8)39(4)29-36/h12-14,17-18,30,36-37,39-40,42,44-53,60-61,65H,8,15-16,19-29,31-35H2,1-7,9-11H3/b14-12+,17-13+,38-18+,41-30+. The summed E-state index contributed by atoms with van der Waals surface area (Å²) in [6.07, 6.45) is 18.2. The normalized spacial score (nSPS) is 39.5. The van der Waals surface area contributed by atoms with E-state index >= 15 is 0 Å². The number of aliphatic hydroxyl groups is 3. The zero-order chi connectivity index (χ0) is 52.0. The summed E-state index contributed by atoms with van der Waals surface area (Å²) in [5, 5.41) is 33.3. The lowest BCUT2D eigenvalue weighted by molar-refractivity contribution is -0.265. The number of piperidine rings is 1. The molecule has 15 atom stereocenters. The van der Waals surface area contributed by atoms with Gasteiger partial charge in [-0.3, -0.25) is 14.5 Å². The number of esters is 1. The van der Waals surface area contributed by atoms with E-state index in [0.29, 0.717) is 51.4 Å². The van der Waals surface area contributed by atoms with Gasteiger partial charge in [-0.2, -0.15) is 0 Å². The van der Waals surface area contributed by atoms with Crippen molar-refractivity contribution in [1.82, 2.24) is 9.80 Å². The molecule has 1 saturated carbocycles. The number of carbonyl (C=O) groups excluding carboxylic acids is 3. The maximum Gasteiger partial charge on any atom is 0.329 e. The maximum atomic E-state index is 14.6. The molecule has 0 radical (unpaired) electrons. The fourth-order valence-electron chi connectivity index (χ4n) is 11.8.